The largest absolute Gasteiger partial charge is 0.380 e. The molecule has 1 N–H and O–H groups in total. The number of nitrogens with zero attached hydrogens (tertiary/aromatic N) is 3. The second kappa shape index (κ2) is 6.09. The Hall–Kier alpha value is -2.82. The van der Waals surface area contributed by atoms with Crippen molar-refractivity contribution in [2.24, 2.45) is 0 Å². The highest BCUT2D eigenvalue weighted by molar-refractivity contribution is 5.56. The zero-order chi connectivity index (χ0) is 14.5. The first-order chi connectivity index (χ1) is 10.3. The van der Waals surface area contributed by atoms with Crippen molar-refractivity contribution < 1.29 is 4.39 Å². The van der Waals surface area contributed by atoms with E-state index >= 15 is 0 Å². The second-order valence-corrected chi connectivity index (χ2v) is 4.47. The molecule has 5 heteroatoms. The summed E-state index contributed by atoms with van der Waals surface area (Å²) in [7, 11) is 0. The Morgan fingerprint density at radius 3 is 2.52 bits per heavy atom. The van der Waals surface area contributed by atoms with Crippen LogP contribution in [0.5, 0.6) is 0 Å². The quantitative estimate of drug-likeness (QED) is 0.796. The van der Waals surface area contributed by atoms with Crippen LogP contribution < -0.4 is 5.32 Å². The second-order valence-electron chi connectivity index (χ2n) is 4.47. The normalized spacial score (nSPS) is 10.3. The van der Waals surface area contributed by atoms with E-state index in [1.54, 1.807) is 24.7 Å². The van der Waals surface area contributed by atoms with Gasteiger partial charge in [-0.1, -0.05) is 6.07 Å². The minimum Gasteiger partial charge on any atom is -0.380 e. The molecule has 0 bridgehead atoms. The molecule has 0 saturated carbocycles. The number of halogens is 1. The van der Waals surface area contributed by atoms with E-state index in [0.29, 0.717) is 12.1 Å². The Bertz CT molecular complexity index is 714. The van der Waals surface area contributed by atoms with Gasteiger partial charge in [-0.25, -0.2) is 4.39 Å². The number of anilines is 1. The van der Waals surface area contributed by atoms with Crippen LogP contribution in [-0.4, -0.2) is 15.0 Å². The van der Waals surface area contributed by atoms with Gasteiger partial charge in [0.25, 0.3) is 0 Å². The molecule has 0 aliphatic carbocycles. The van der Waals surface area contributed by atoms with Crippen LogP contribution in [-0.2, 0) is 6.54 Å². The Morgan fingerprint density at radius 1 is 0.905 bits per heavy atom. The molecule has 0 unspecified atom stereocenters. The fraction of sp³-hybridized carbons (Fsp3) is 0.0625. The molecule has 0 radical (unpaired) electrons. The molecule has 0 aromatic carbocycles. The van der Waals surface area contributed by atoms with Gasteiger partial charge in [0.05, 0.1) is 29.5 Å². The summed E-state index contributed by atoms with van der Waals surface area (Å²) in [5, 5.41) is 3.13. The Morgan fingerprint density at radius 2 is 1.81 bits per heavy atom. The predicted molar refractivity (Wildman–Crippen MR) is 79.0 cm³/mol. The molecular formula is C16H13FN4. The SMILES string of the molecule is Fc1cnccc1CNc1ccc(-c2ccccn2)nc1. The highest BCUT2D eigenvalue weighted by Crippen LogP contribution is 2.16. The standard InChI is InChI=1S/C16H13FN4/c17-14-11-18-8-6-12(14)9-20-13-4-5-16(21-10-13)15-3-1-2-7-19-15/h1-8,10-11,20H,9H2. The van der Waals surface area contributed by atoms with Crippen LogP contribution in [0.2, 0.25) is 0 Å². The molecule has 0 saturated heterocycles. The van der Waals surface area contributed by atoms with E-state index in [-0.39, 0.29) is 5.82 Å². The minimum absolute atomic E-state index is 0.317. The molecule has 0 fully saturated rings. The van der Waals surface area contributed by atoms with Crippen LogP contribution in [0, 0.1) is 5.82 Å². The van der Waals surface area contributed by atoms with Crippen molar-refractivity contribution in [3.05, 3.63) is 72.6 Å². The number of nitrogens with one attached hydrogen (secondary N) is 1. The Labute approximate surface area is 121 Å². The first kappa shape index (κ1) is 13.2. The smallest absolute Gasteiger partial charge is 0.146 e. The lowest BCUT2D eigenvalue weighted by Gasteiger charge is -2.07. The molecule has 3 aromatic rings. The number of hydrogen-bond acceptors (Lipinski definition) is 4. The van der Waals surface area contributed by atoms with Crippen molar-refractivity contribution in [2.45, 2.75) is 6.54 Å². The summed E-state index contributed by atoms with van der Waals surface area (Å²) < 4.78 is 13.5. The Kier molecular flexibility index (Phi) is 3.82. The molecule has 3 aromatic heterocycles. The monoisotopic (exact) mass is 280 g/mol. The first-order valence-electron chi connectivity index (χ1n) is 6.52. The number of rotatable bonds is 4. The molecule has 0 amide bonds. The maximum Gasteiger partial charge on any atom is 0.146 e. The van der Waals surface area contributed by atoms with Gasteiger partial charge in [-0.15, -0.1) is 0 Å². The molecule has 0 atom stereocenters. The van der Waals surface area contributed by atoms with Gasteiger partial charge >= 0.3 is 0 Å². The van der Waals surface area contributed by atoms with E-state index < -0.39 is 0 Å². The third kappa shape index (κ3) is 3.20. The van der Waals surface area contributed by atoms with Gasteiger partial charge in [0, 0.05) is 24.5 Å². The molecule has 0 spiro atoms. The molecule has 4 nitrogen and oxygen atoms in total. The fourth-order valence-corrected chi connectivity index (χ4v) is 1.91. The van der Waals surface area contributed by atoms with Crippen molar-refractivity contribution in [1.29, 1.82) is 0 Å². The molecule has 3 rings (SSSR count). The van der Waals surface area contributed by atoms with Gasteiger partial charge in [0.1, 0.15) is 5.82 Å². The van der Waals surface area contributed by atoms with Crippen LogP contribution in [0.15, 0.2) is 61.2 Å². The van der Waals surface area contributed by atoms with Crippen molar-refractivity contribution >= 4 is 5.69 Å². The van der Waals surface area contributed by atoms with E-state index in [4.69, 9.17) is 0 Å². The van der Waals surface area contributed by atoms with E-state index in [1.165, 1.54) is 6.20 Å². The van der Waals surface area contributed by atoms with Crippen molar-refractivity contribution in [2.75, 3.05) is 5.32 Å². The topological polar surface area (TPSA) is 50.7 Å². The molecule has 3 heterocycles. The summed E-state index contributed by atoms with van der Waals surface area (Å²) in [4.78, 5) is 12.3. The maximum atomic E-state index is 13.5. The highest BCUT2D eigenvalue weighted by Gasteiger charge is 2.03. The van der Waals surface area contributed by atoms with Gasteiger partial charge in [0.2, 0.25) is 0 Å². The van der Waals surface area contributed by atoms with E-state index in [9.17, 15) is 4.39 Å². The van der Waals surface area contributed by atoms with E-state index in [2.05, 4.69) is 20.3 Å². The summed E-state index contributed by atoms with van der Waals surface area (Å²) in [6, 6.07) is 11.1. The molecular weight excluding hydrogens is 267 g/mol. The van der Waals surface area contributed by atoms with Crippen LogP contribution in [0.4, 0.5) is 10.1 Å². The predicted octanol–water partition coefficient (Wildman–Crippen LogP) is 3.29. The summed E-state index contributed by atoms with van der Waals surface area (Å²) in [5.41, 5.74) is 3.02. The Balaban J connectivity index is 1.69. The average molecular weight is 280 g/mol. The van der Waals surface area contributed by atoms with Crippen LogP contribution in [0.1, 0.15) is 5.56 Å². The van der Waals surface area contributed by atoms with E-state index in [1.807, 2.05) is 30.3 Å². The lowest BCUT2D eigenvalue weighted by Crippen LogP contribution is -2.02. The molecule has 21 heavy (non-hydrogen) atoms. The van der Waals surface area contributed by atoms with Gasteiger partial charge in [-0.2, -0.15) is 0 Å². The van der Waals surface area contributed by atoms with Crippen LogP contribution >= 0.6 is 0 Å². The zero-order valence-electron chi connectivity index (χ0n) is 11.2. The molecule has 0 aliphatic rings. The number of hydrogen-bond donors (Lipinski definition) is 1. The summed E-state index contributed by atoms with van der Waals surface area (Å²) in [5.74, 6) is -0.317. The third-order valence-corrected chi connectivity index (χ3v) is 3.03. The lowest BCUT2D eigenvalue weighted by atomic mass is 10.2. The maximum absolute atomic E-state index is 13.5. The summed E-state index contributed by atoms with van der Waals surface area (Å²) in [6.07, 6.45) is 6.22. The highest BCUT2D eigenvalue weighted by atomic mass is 19.1. The number of aromatic nitrogens is 3. The summed E-state index contributed by atoms with van der Waals surface area (Å²) >= 11 is 0. The minimum atomic E-state index is -0.317. The van der Waals surface area contributed by atoms with Gasteiger partial charge < -0.3 is 5.32 Å². The third-order valence-electron chi connectivity index (χ3n) is 3.03. The summed E-state index contributed by atoms with van der Waals surface area (Å²) in [6.45, 7) is 0.388. The number of pyridine rings is 3. The van der Waals surface area contributed by atoms with E-state index in [0.717, 1.165) is 17.1 Å². The van der Waals surface area contributed by atoms with Crippen LogP contribution in [0.3, 0.4) is 0 Å². The van der Waals surface area contributed by atoms with Crippen LogP contribution in [0.25, 0.3) is 11.4 Å². The first-order valence-corrected chi connectivity index (χ1v) is 6.52. The average Bonchev–Trinajstić information content (AvgIpc) is 2.55. The zero-order valence-corrected chi connectivity index (χ0v) is 11.2. The van der Waals surface area contributed by atoms with Gasteiger partial charge in [-0.3, -0.25) is 15.0 Å². The van der Waals surface area contributed by atoms with Crippen molar-refractivity contribution in [3.8, 4) is 11.4 Å². The fourth-order valence-electron chi connectivity index (χ4n) is 1.91. The van der Waals surface area contributed by atoms with Gasteiger partial charge in [0.15, 0.2) is 0 Å². The van der Waals surface area contributed by atoms with Gasteiger partial charge in [-0.05, 0) is 30.3 Å². The molecule has 0 aliphatic heterocycles. The van der Waals surface area contributed by atoms with Crippen molar-refractivity contribution in [1.82, 2.24) is 15.0 Å². The molecule has 104 valence electrons. The van der Waals surface area contributed by atoms with Crippen molar-refractivity contribution in [3.63, 3.8) is 0 Å². The lowest BCUT2D eigenvalue weighted by molar-refractivity contribution is 0.606.